The Hall–Kier alpha value is -2.16. The van der Waals surface area contributed by atoms with E-state index < -0.39 is 23.9 Å². The maximum absolute atomic E-state index is 12.0. The first kappa shape index (κ1) is 16.9. The van der Waals surface area contributed by atoms with Gasteiger partial charge in [-0.2, -0.15) is 0 Å². The predicted molar refractivity (Wildman–Crippen MR) is 76.7 cm³/mol. The lowest BCUT2D eigenvalue weighted by Crippen LogP contribution is -2.46. The molecule has 3 amide bonds. The Morgan fingerprint density at radius 1 is 1.52 bits per heavy atom. The zero-order valence-electron chi connectivity index (χ0n) is 11.8. The monoisotopic (exact) mass is 314 g/mol. The first-order valence-electron chi connectivity index (χ1n) is 6.23. The van der Waals surface area contributed by atoms with Crippen LogP contribution in [0.2, 0.25) is 0 Å². The van der Waals surface area contributed by atoms with Crippen LogP contribution in [0.4, 0.5) is 4.79 Å². The fourth-order valence-electron chi connectivity index (χ4n) is 1.57. The minimum atomic E-state index is -1.20. The Labute approximate surface area is 126 Å². The number of carboxylic acid groups (broad SMARTS) is 1. The molecule has 0 saturated heterocycles. The lowest BCUT2D eigenvalue weighted by Gasteiger charge is -2.20. The van der Waals surface area contributed by atoms with E-state index in [0.717, 1.165) is 10.6 Å². The van der Waals surface area contributed by atoms with Gasteiger partial charge in [-0.1, -0.05) is 0 Å². The number of rotatable bonds is 7. The lowest BCUT2D eigenvalue weighted by atomic mass is 10.1. The summed E-state index contributed by atoms with van der Waals surface area (Å²) in [7, 11) is 1.56. The highest BCUT2D eigenvalue weighted by Gasteiger charge is 2.22. The molecule has 21 heavy (non-hydrogen) atoms. The summed E-state index contributed by atoms with van der Waals surface area (Å²) in [4.78, 5) is 40.1. The number of hydrogen-bond donors (Lipinski definition) is 3. The van der Waals surface area contributed by atoms with E-state index in [1.54, 1.807) is 12.6 Å². The predicted octanol–water partition coefficient (Wildman–Crippen LogP) is 0.312. The van der Waals surface area contributed by atoms with Crippen LogP contribution < -0.4 is 11.1 Å². The van der Waals surface area contributed by atoms with Gasteiger partial charge in [0.2, 0.25) is 5.91 Å². The first-order valence-corrected chi connectivity index (χ1v) is 7.11. The van der Waals surface area contributed by atoms with Crippen LogP contribution in [-0.2, 0) is 16.1 Å². The quantitative estimate of drug-likeness (QED) is 0.668. The van der Waals surface area contributed by atoms with E-state index >= 15 is 0 Å². The molecule has 0 aromatic carbocycles. The molecule has 0 aliphatic carbocycles. The summed E-state index contributed by atoms with van der Waals surface area (Å²) in [5, 5.41) is 11.4. The smallest absolute Gasteiger partial charge is 0.326 e. The summed E-state index contributed by atoms with van der Waals surface area (Å²) >= 11 is 1.42. The van der Waals surface area contributed by atoms with Gasteiger partial charge in [0.05, 0.1) is 17.7 Å². The maximum Gasteiger partial charge on any atom is 0.326 e. The van der Waals surface area contributed by atoms with Crippen molar-refractivity contribution in [3.63, 3.8) is 0 Å². The third-order valence-electron chi connectivity index (χ3n) is 2.85. The standard InChI is InChI=1S/C12H18N4O4S/c1-7-9(21-6-14-7)5-16(2)12(20)15-8(11(18)19)3-4-10(13)17/h6,8H,3-5H2,1-2H3,(H2,13,17)(H,15,20)(H,18,19)/t8-/m0/s1. The van der Waals surface area contributed by atoms with Crippen LogP contribution in [0.3, 0.4) is 0 Å². The van der Waals surface area contributed by atoms with E-state index in [1.165, 1.54) is 16.2 Å². The number of nitrogens with zero attached hydrogens (tertiary/aromatic N) is 2. The van der Waals surface area contributed by atoms with Crippen LogP contribution >= 0.6 is 11.3 Å². The molecule has 1 aromatic rings. The summed E-state index contributed by atoms with van der Waals surface area (Å²) in [5.74, 6) is -1.81. The SMILES string of the molecule is Cc1ncsc1CN(C)C(=O)N[C@@H](CCC(N)=O)C(=O)O. The molecule has 1 aromatic heterocycles. The molecule has 9 heteroatoms. The van der Waals surface area contributed by atoms with Crippen LogP contribution in [0, 0.1) is 6.92 Å². The van der Waals surface area contributed by atoms with Crippen molar-refractivity contribution in [3.05, 3.63) is 16.1 Å². The summed E-state index contributed by atoms with van der Waals surface area (Å²) in [6.45, 7) is 2.18. The normalized spacial score (nSPS) is 11.7. The summed E-state index contributed by atoms with van der Waals surface area (Å²) in [6.07, 6.45) is -0.140. The Balaban J connectivity index is 2.58. The number of urea groups is 1. The van der Waals surface area contributed by atoms with Crippen LogP contribution in [0.15, 0.2) is 5.51 Å². The van der Waals surface area contributed by atoms with Gasteiger partial charge < -0.3 is 21.1 Å². The molecule has 0 fully saturated rings. The van der Waals surface area contributed by atoms with E-state index in [-0.39, 0.29) is 12.8 Å². The van der Waals surface area contributed by atoms with Gasteiger partial charge in [-0.05, 0) is 13.3 Å². The third-order valence-corrected chi connectivity index (χ3v) is 3.77. The van der Waals surface area contributed by atoms with Crippen LogP contribution in [-0.4, -0.2) is 46.0 Å². The molecule has 0 radical (unpaired) electrons. The number of aromatic nitrogens is 1. The van der Waals surface area contributed by atoms with Crippen molar-refractivity contribution in [1.82, 2.24) is 15.2 Å². The number of nitrogens with two attached hydrogens (primary N) is 1. The molecule has 0 saturated carbocycles. The van der Waals surface area contributed by atoms with Gasteiger partial charge >= 0.3 is 12.0 Å². The molecular formula is C12H18N4O4S. The van der Waals surface area contributed by atoms with Crippen molar-refractivity contribution in [3.8, 4) is 0 Å². The molecule has 0 aliphatic heterocycles. The van der Waals surface area contributed by atoms with Gasteiger partial charge in [-0.15, -0.1) is 11.3 Å². The fourth-order valence-corrected chi connectivity index (χ4v) is 2.40. The number of primary amides is 1. The fraction of sp³-hybridized carbons (Fsp3) is 0.500. The second-order valence-corrected chi connectivity index (χ2v) is 5.50. The number of carbonyl (C=O) groups is 3. The Morgan fingerprint density at radius 3 is 2.67 bits per heavy atom. The summed E-state index contributed by atoms with van der Waals surface area (Å²) < 4.78 is 0. The summed E-state index contributed by atoms with van der Waals surface area (Å²) in [6, 6.07) is -1.67. The molecule has 1 heterocycles. The minimum Gasteiger partial charge on any atom is -0.480 e. The highest BCUT2D eigenvalue weighted by Crippen LogP contribution is 2.14. The number of aryl methyl sites for hydroxylation is 1. The molecule has 8 nitrogen and oxygen atoms in total. The number of nitrogens with one attached hydrogen (secondary N) is 1. The molecular weight excluding hydrogens is 296 g/mol. The second-order valence-electron chi connectivity index (χ2n) is 4.56. The molecule has 1 atom stereocenters. The number of carbonyl (C=O) groups excluding carboxylic acids is 2. The average molecular weight is 314 g/mol. The van der Waals surface area contributed by atoms with E-state index in [0.29, 0.717) is 6.54 Å². The highest BCUT2D eigenvalue weighted by molar-refractivity contribution is 7.09. The zero-order chi connectivity index (χ0) is 16.0. The van der Waals surface area contributed by atoms with Gasteiger partial charge in [0.1, 0.15) is 6.04 Å². The maximum atomic E-state index is 12.0. The average Bonchev–Trinajstić information content (AvgIpc) is 2.79. The van der Waals surface area contributed by atoms with Crippen molar-refractivity contribution in [2.45, 2.75) is 32.4 Å². The molecule has 4 N–H and O–H groups in total. The zero-order valence-corrected chi connectivity index (χ0v) is 12.6. The number of thiazole rings is 1. The molecule has 0 aliphatic rings. The van der Waals surface area contributed by atoms with Crippen LogP contribution in [0.1, 0.15) is 23.4 Å². The largest absolute Gasteiger partial charge is 0.480 e. The number of amides is 3. The number of hydrogen-bond acceptors (Lipinski definition) is 5. The van der Waals surface area contributed by atoms with Gasteiger partial charge in [-0.3, -0.25) is 4.79 Å². The number of carboxylic acids is 1. The third kappa shape index (κ3) is 5.38. The second kappa shape index (κ2) is 7.58. The first-order chi connectivity index (χ1) is 9.81. The van der Waals surface area contributed by atoms with E-state index in [1.807, 2.05) is 6.92 Å². The molecule has 0 unspecified atom stereocenters. The van der Waals surface area contributed by atoms with Gasteiger partial charge in [0.25, 0.3) is 0 Å². The number of aliphatic carboxylic acids is 1. The van der Waals surface area contributed by atoms with E-state index in [4.69, 9.17) is 10.8 Å². The van der Waals surface area contributed by atoms with Crippen molar-refractivity contribution in [1.29, 1.82) is 0 Å². The van der Waals surface area contributed by atoms with Crippen molar-refractivity contribution >= 4 is 29.2 Å². The van der Waals surface area contributed by atoms with Crippen molar-refractivity contribution in [2.75, 3.05) is 7.05 Å². The van der Waals surface area contributed by atoms with Gasteiger partial charge in [0, 0.05) is 18.3 Å². The molecule has 0 bridgehead atoms. The van der Waals surface area contributed by atoms with Gasteiger partial charge in [0.15, 0.2) is 0 Å². The molecule has 0 spiro atoms. The summed E-state index contributed by atoms with van der Waals surface area (Å²) in [5.41, 5.74) is 7.50. The van der Waals surface area contributed by atoms with E-state index in [9.17, 15) is 14.4 Å². The topological polar surface area (TPSA) is 126 Å². The van der Waals surface area contributed by atoms with Crippen molar-refractivity contribution in [2.24, 2.45) is 5.73 Å². The van der Waals surface area contributed by atoms with Crippen molar-refractivity contribution < 1.29 is 19.5 Å². The van der Waals surface area contributed by atoms with Gasteiger partial charge in [-0.25, -0.2) is 14.6 Å². The highest BCUT2D eigenvalue weighted by atomic mass is 32.1. The van der Waals surface area contributed by atoms with Crippen LogP contribution in [0.25, 0.3) is 0 Å². The Bertz CT molecular complexity index is 531. The van der Waals surface area contributed by atoms with Crippen LogP contribution in [0.5, 0.6) is 0 Å². The Kier molecular flexibility index (Phi) is 6.10. The molecule has 116 valence electrons. The molecule has 1 rings (SSSR count). The Morgan fingerprint density at radius 2 is 2.19 bits per heavy atom. The van der Waals surface area contributed by atoms with E-state index in [2.05, 4.69) is 10.3 Å². The minimum absolute atomic E-state index is 0.0379. The lowest BCUT2D eigenvalue weighted by molar-refractivity contribution is -0.139.